The van der Waals surface area contributed by atoms with Crippen molar-refractivity contribution in [1.29, 1.82) is 0 Å². The molecule has 3 aromatic rings. The lowest BCUT2D eigenvalue weighted by Crippen LogP contribution is -2.30. The summed E-state index contributed by atoms with van der Waals surface area (Å²) in [7, 11) is 0. The maximum Gasteiger partial charge on any atom is 0.300 e. The highest BCUT2D eigenvalue weighted by Crippen LogP contribution is 2.44. The van der Waals surface area contributed by atoms with Crippen molar-refractivity contribution in [3.05, 3.63) is 88.8 Å². The first-order valence-electron chi connectivity index (χ1n) is 11.6. The van der Waals surface area contributed by atoms with Crippen molar-refractivity contribution < 1.29 is 24.2 Å². The number of pyridine rings is 1. The van der Waals surface area contributed by atoms with Gasteiger partial charge in [-0.15, -0.1) is 0 Å². The fourth-order valence-electron chi connectivity index (χ4n) is 4.35. The Labute approximate surface area is 204 Å². The van der Waals surface area contributed by atoms with Gasteiger partial charge in [0.25, 0.3) is 11.7 Å². The third-order valence-electron chi connectivity index (χ3n) is 5.84. The van der Waals surface area contributed by atoms with Crippen LogP contribution in [0.3, 0.4) is 0 Å². The molecule has 1 aliphatic heterocycles. The fourth-order valence-corrected chi connectivity index (χ4v) is 4.35. The smallest absolute Gasteiger partial charge is 0.300 e. The third kappa shape index (κ3) is 4.49. The Hall–Kier alpha value is -4.13. The van der Waals surface area contributed by atoms with Crippen LogP contribution >= 0.6 is 0 Å². The van der Waals surface area contributed by atoms with E-state index in [0.717, 1.165) is 11.1 Å². The summed E-state index contributed by atoms with van der Waals surface area (Å²) in [6.45, 7) is 8.35. The van der Waals surface area contributed by atoms with Gasteiger partial charge in [-0.1, -0.05) is 23.8 Å². The van der Waals surface area contributed by atoms with Crippen LogP contribution in [-0.2, 0) is 9.59 Å². The number of hydrogen-bond donors (Lipinski definition) is 1. The first-order valence-corrected chi connectivity index (χ1v) is 11.6. The van der Waals surface area contributed by atoms with Gasteiger partial charge >= 0.3 is 0 Å². The number of amides is 1. The minimum absolute atomic E-state index is 0.0428. The number of carbonyl (C=O) groups is 2. The van der Waals surface area contributed by atoms with Gasteiger partial charge in [-0.05, 0) is 63.6 Å². The number of aryl methyl sites for hydroxylation is 2. The molecule has 1 amide bonds. The molecule has 2 heterocycles. The Bertz CT molecular complexity index is 1300. The summed E-state index contributed by atoms with van der Waals surface area (Å²) in [6.07, 6.45) is 1.60. The van der Waals surface area contributed by atoms with Gasteiger partial charge in [-0.2, -0.15) is 0 Å². The predicted molar refractivity (Wildman–Crippen MR) is 134 cm³/mol. The highest BCUT2D eigenvalue weighted by molar-refractivity contribution is 6.51. The van der Waals surface area contributed by atoms with E-state index in [1.807, 2.05) is 45.9 Å². The molecule has 180 valence electrons. The molecule has 1 N–H and O–H groups in total. The maximum absolute atomic E-state index is 13.4. The monoisotopic (exact) mass is 472 g/mol. The van der Waals surface area contributed by atoms with Gasteiger partial charge in [-0.3, -0.25) is 19.5 Å². The molecule has 0 radical (unpaired) electrons. The Morgan fingerprint density at radius 1 is 1.00 bits per heavy atom. The van der Waals surface area contributed by atoms with Crippen LogP contribution in [0.1, 0.15) is 42.3 Å². The van der Waals surface area contributed by atoms with Gasteiger partial charge in [0.05, 0.1) is 30.0 Å². The lowest BCUT2D eigenvalue weighted by molar-refractivity contribution is -0.132. The van der Waals surface area contributed by atoms with Gasteiger partial charge in [0.15, 0.2) is 0 Å². The summed E-state index contributed by atoms with van der Waals surface area (Å²) < 4.78 is 11.3. The highest BCUT2D eigenvalue weighted by Gasteiger charge is 2.48. The number of ether oxygens (including phenoxy) is 2. The molecule has 4 rings (SSSR count). The first kappa shape index (κ1) is 24.0. The van der Waals surface area contributed by atoms with Crippen molar-refractivity contribution in [3.63, 3.8) is 0 Å². The second-order valence-electron chi connectivity index (χ2n) is 8.24. The number of ketones is 1. The second-order valence-corrected chi connectivity index (χ2v) is 8.24. The third-order valence-corrected chi connectivity index (χ3v) is 5.84. The molecular formula is C28H28N2O5. The van der Waals surface area contributed by atoms with Gasteiger partial charge in [-0.25, -0.2) is 0 Å². The normalized spacial score (nSPS) is 17.0. The summed E-state index contributed by atoms with van der Waals surface area (Å²) in [4.78, 5) is 32.6. The number of carbonyl (C=O) groups excluding carboxylic acids is 2. The standard InChI is InChI=1S/C28H28N2O5/c1-5-34-19-11-12-20(23(16-19)35-6-2)26(31)24-25(21-9-7-8-14-29-21)30(28(33)27(24)32)22-13-10-17(3)15-18(22)4/h7-16,25,31H,5-6H2,1-4H3/b26-24-. The van der Waals surface area contributed by atoms with E-state index in [-0.39, 0.29) is 11.3 Å². The van der Waals surface area contributed by atoms with Crippen LogP contribution in [0, 0.1) is 13.8 Å². The van der Waals surface area contributed by atoms with Crippen LogP contribution in [0.5, 0.6) is 11.5 Å². The van der Waals surface area contributed by atoms with E-state index in [0.29, 0.717) is 41.7 Å². The highest BCUT2D eigenvalue weighted by atomic mass is 16.5. The van der Waals surface area contributed by atoms with Crippen LogP contribution in [-0.4, -0.2) is 35.0 Å². The van der Waals surface area contributed by atoms with Crippen molar-refractivity contribution >= 4 is 23.1 Å². The number of aromatic nitrogens is 1. The minimum atomic E-state index is -0.904. The predicted octanol–water partition coefficient (Wildman–Crippen LogP) is 5.12. The molecule has 0 saturated carbocycles. The molecule has 1 atom stereocenters. The number of anilines is 1. The lowest BCUT2D eigenvalue weighted by Gasteiger charge is -2.26. The number of Topliss-reactive ketones (excluding diaryl/α,β-unsaturated/α-hetero) is 1. The molecule has 0 spiro atoms. The van der Waals surface area contributed by atoms with Crippen molar-refractivity contribution in [3.8, 4) is 11.5 Å². The van der Waals surface area contributed by atoms with Gasteiger partial charge in [0.1, 0.15) is 23.3 Å². The molecule has 7 nitrogen and oxygen atoms in total. The average Bonchev–Trinajstić information content (AvgIpc) is 3.10. The average molecular weight is 473 g/mol. The zero-order valence-corrected chi connectivity index (χ0v) is 20.2. The van der Waals surface area contributed by atoms with E-state index in [2.05, 4.69) is 4.98 Å². The lowest BCUT2D eigenvalue weighted by atomic mass is 9.97. The Morgan fingerprint density at radius 2 is 1.77 bits per heavy atom. The van der Waals surface area contributed by atoms with Crippen molar-refractivity contribution in [2.45, 2.75) is 33.7 Å². The summed E-state index contributed by atoms with van der Waals surface area (Å²) in [5.41, 5.74) is 3.19. The molecule has 2 aromatic carbocycles. The molecule has 0 aliphatic carbocycles. The largest absolute Gasteiger partial charge is 0.507 e. The Morgan fingerprint density at radius 3 is 2.43 bits per heavy atom. The topological polar surface area (TPSA) is 89.0 Å². The molecular weight excluding hydrogens is 444 g/mol. The fraction of sp³-hybridized carbons (Fsp3) is 0.250. The molecule has 35 heavy (non-hydrogen) atoms. The van der Waals surface area contributed by atoms with Crippen LogP contribution in [0.25, 0.3) is 5.76 Å². The summed E-state index contributed by atoms with van der Waals surface area (Å²) in [5, 5.41) is 11.5. The number of rotatable bonds is 7. The second kappa shape index (κ2) is 10.0. The summed E-state index contributed by atoms with van der Waals surface area (Å²) >= 11 is 0. The van der Waals surface area contributed by atoms with Gasteiger partial charge < -0.3 is 14.6 Å². The molecule has 1 unspecified atom stereocenters. The maximum atomic E-state index is 13.4. The van der Waals surface area contributed by atoms with Gasteiger partial charge in [0.2, 0.25) is 0 Å². The number of aliphatic hydroxyl groups excluding tert-OH is 1. The van der Waals surface area contributed by atoms with Crippen LogP contribution in [0.4, 0.5) is 5.69 Å². The van der Waals surface area contributed by atoms with E-state index >= 15 is 0 Å². The molecule has 1 aliphatic rings. The molecule has 1 saturated heterocycles. The van der Waals surface area contributed by atoms with Crippen molar-refractivity contribution in [1.82, 2.24) is 4.98 Å². The van der Waals surface area contributed by atoms with E-state index in [9.17, 15) is 14.7 Å². The Kier molecular flexibility index (Phi) is 6.87. The van der Waals surface area contributed by atoms with Crippen LogP contribution < -0.4 is 14.4 Å². The molecule has 1 aromatic heterocycles. The van der Waals surface area contributed by atoms with Gasteiger partial charge in [0, 0.05) is 18.0 Å². The molecule has 7 heteroatoms. The van der Waals surface area contributed by atoms with E-state index < -0.39 is 17.7 Å². The quantitative estimate of drug-likeness (QED) is 0.292. The summed E-state index contributed by atoms with van der Waals surface area (Å²) in [5.74, 6) is -0.900. The van der Waals surface area contributed by atoms with Crippen molar-refractivity contribution in [2.24, 2.45) is 0 Å². The molecule has 0 bridgehead atoms. The van der Waals surface area contributed by atoms with E-state index in [1.165, 1.54) is 4.90 Å². The number of hydrogen-bond acceptors (Lipinski definition) is 6. The van der Waals surface area contributed by atoms with Crippen LogP contribution in [0.15, 0.2) is 66.4 Å². The Balaban J connectivity index is 1.95. The van der Waals surface area contributed by atoms with E-state index in [4.69, 9.17) is 9.47 Å². The first-order chi connectivity index (χ1) is 16.9. The van der Waals surface area contributed by atoms with Crippen molar-refractivity contribution in [2.75, 3.05) is 18.1 Å². The zero-order valence-electron chi connectivity index (χ0n) is 20.2. The minimum Gasteiger partial charge on any atom is -0.507 e. The molecule has 1 fully saturated rings. The summed E-state index contributed by atoms with van der Waals surface area (Å²) in [6, 6.07) is 15.0. The SMILES string of the molecule is CCOc1ccc(/C(O)=C2/C(=O)C(=O)N(c3ccc(C)cc3C)C2c2ccccn2)c(OCC)c1. The zero-order chi connectivity index (χ0) is 25.1. The van der Waals surface area contributed by atoms with E-state index in [1.54, 1.807) is 42.6 Å². The number of aliphatic hydroxyl groups is 1. The number of nitrogens with zero attached hydrogens (tertiary/aromatic N) is 2. The number of benzene rings is 2. The van der Waals surface area contributed by atoms with Crippen LogP contribution in [0.2, 0.25) is 0 Å².